The highest BCUT2D eigenvalue weighted by Crippen LogP contribution is 2.28. The van der Waals surface area contributed by atoms with Gasteiger partial charge in [0.2, 0.25) is 0 Å². The zero-order chi connectivity index (χ0) is 12.3. The van der Waals surface area contributed by atoms with Crippen LogP contribution in [0.15, 0.2) is 24.3 Å². The van der Waals surface area contributed by atoms with Crippen molar-refractivity contribution in [2.45, 2.75) is 19.1 Å². The van der Waals surface area contributed by atoms with Gasteiger partial charge in [0.1, 0.15) is 12.2 Å². The van der Waals surface area contributed by atoms with Crippen LogP contribution < -0.4 is 10.6 Å². The molecular formula is C13H20N2O2. The third kappa shape index (κ3) is 2.53. The summed E-state index contributed by atoms with van der Waals surface area (Å²) in [4.78, 5) is 2.23. The molecule has 0 aromatic heterocycles. The smallest absolute Gasteiger partial charge is 0.103 e. The summed E-state index contributed by atoms with van der Waals surface area (Å²) in [6.45, 7) is 4.38. The van der Waals surface area contributed by atoms with E-state index < -0.39 is 0 Å². The first-order valence-electron chi connectivity index (χ1n) is 6.00. The quantitative estimate of drug-likeness (QED) is 0.805. The molecule has 0 unspecified atom stereocenters. The molecule has 2 N–H and O–H groups in total. The number of nitrogens with two attached hydrogens (primary N) is 1. The van der Waals surface area contributed by atoms with E-state index in [1.54, 1.807) is 7.11 Å². The topological polar surface area (TPSA) is 47.7 Å². The van der Waals surface area contributed by atoms with Gasteiger partial charge in [-0.2, -0.15) is 0 Å². The molecule has 0 bridgehead atoms. The Kier molecular flexibility index (Phi) is 3.86. The second-order valence-corrected chi connectivity index (χ2v) is 4.23. The van der Waals surface area contributed by atoms with Crippen molar-refractivity contribution in [1.29, 1.82) is 0 Å². The summed E-state index contributed by atoms with van der Waals surface area (Å²) in [5, 5.41) is 0. The maximum absolute atomic E-state index is 5.98. The van der Waals surface area contributed by atoms with Gasteiger partial charge in [-0.15, -0.1) is 0 Å². The normalized spacial score (nSPS) is 24.2. The number of benzene rings is 1. The second-order valence-electron chi connectivity index (χ2n) is 4.23. The minimum absolute atomic E-state index is 0.120. The van der Waals surface area contributed by atoms with Gasteiger partial charge in [-0.05, 0) is 19.1 Å². The summed E-state index contributed by atoms with van der Waals surface area (Å²) in [7, 11) is 1.73. The SMILES string of the molecule is CCO[C@H]1CN(c2ccccc2N)C[C@H]1OC. The van der Waals surface area contributed by atoms with Crippen LogP contribution in [0, 0.1) is 0 Å². The number of para-hydroxylation sites is 2. The van der Waals surface area contributed by atoms with Crippen LogP contribution >= 0.6 is 0 Å². The lowest BCUT2D eigenvalue weighted by molar-refractivity contribution is -0.0232. The van der Waals surface area contributed by atoms with Crippen molar-refractivity contribution in [2.24, 2.45) is 0 Å². The Labute approximate surface area is 102 Å². The molecule has 1 fully saturated rings. The molecule has 1 aromatic rings. The van der Waals surface area contributed by atoms with Gasteiger partial charge in [-0.1, -0.05) is 12.1 Å². The van der Waals surface area contributed by atoms with Crippen molar-refractivity contribution >= 4 is 11.4 Å². The molecule has 1 aromatic carbocycles. The van der Waals surface area contributed by atoms with Crippen molar-refractivity contribution < 1.29 is 9.47 Å². The third-order valence-electron chi connectivity index (χ3n) is 3.18. The minimum atomic E-state index is 0.120. The van der Waals surface area contributed by atoms with Gasteiger partial charge in [0.15, 0.2) is 0 Å². The monoisotopic (exact) mass is 236 g/mol. The molecule has 0 aliphatic carbocycles. The van der Waals surface area contributed by atoms with Crippen molar-refractivity contribution in [1.82, 2.24) is 0 Å². The van der Waals surface area contributed by atoms with Crippen LogP contribution in [0.2, 0.25) is 0 Å². The Bertz CT molecular complexity index is 370. The van der Waals surface area contributed by atoms with Gasteiger partial charge < -0.3 is 20.1 Å². The zero-order valence-electron chi connectivity index (χ0n) is 10.4. The molecule has 4 nitrogen and oxygen atoms in total. The summed E-state index contributed by atoms with van der Waals surface area (Å²) >= 11 is 0. The second kappa shape index (κ2) is 5.38. The van der Waals surface area contributed by atoms with Crippen LogP contribution in [0.25, 0.3) is 0 Å². The Morgan fingerprint density at radius 1 is 1.29 bits per heavy atom. The summed E-state index contributed by atoms with van der Waals surface area (Å²) in [5.41, 5.74) is 7.85. The minimum Gasteiger partial charge on any atom is -0.397 e. The third-order valence-corrected chi connectivity index (χ3v) is 3.18. The fourth-order valence-corrected chi connectivity index (χ4v) is 2.32. The van der Waals surface area contributed by atoms with Crippen molar-refractivity contribution in [2.75, 3.05) is 37.4 Å². The molecule has 0 amide bonds. The molecule has 0 radical (unpaired) electrons. The number of rotatable bonds is 4. The lowest BCUT2D eigenvalue weighted by Gasteiger charge is -2.19. The molecule has 1 aliphatic rings. The first-order chi connectivity index (χ1) is 8.26. The molecule has 0 spiro atoms. The maximum atomic E-state index is 5.98. The average Bonchev–Trinajstić information content (AvgIpc) is 2.73. The number of hydrogen-bond donors (Lipinski definition) is 1. The number of nitrogens with zero attached hydrogens (tertiary/aromatic N) is 1. The van der Waals surface area contributed by atoms with E-state index in [-0.39, 0.29) is 12.2 Å². The van der Waals surface area contributed by atoms with Gasteiger partial charge in [-0.3, -0.25) is 0 Å². The molecule has 1 heterocycles. The molecule has 1 aliphatic heterocycles. The standard InChI is InChI=1S/C13H20N2O2/c1-3-17-13-9-15(8-12(13)16-2)11-7-5-4-6-10(11)14/h4-7,12-13H,3,8-9,14H2,1-2H3/t12-,13+/m1/s1. The highest BCUT2D eigenvalue weighted by molar-refractivity contribution is 5.67. The van der Waals surface area contributed by atoms with Crippen LogP contribution in [0.1, 0.15) is 6.92 Å². The van der Waals surface area contributed by atoms with E-state index in [0.717, 1.165) is 24.5 Å². The predicted octanol–water partition coefficient (Wildman–Crippen LogP) is 1.51. The number of ether oxygens (including phenoxy) is 2. The van der Waals surface area contributed by atoms with E-state index in [2.05, 4.69) is 4.90 Å². The Morgan fingerprint density at radius 3 is 2.65 bits per heavy atom. The summed E-state index contributed by atoms with van der Waals surface area (Å²) in [6, 6.07) is 7.91. The van der Waals surface area contributed by atoms with Crippen molar-refractivity contribution in [3.05, 3.63) is 24.3 Å². The first-order valence-corrected chi connectivity index (χ1v) is 6.00. The van der Waals surface area contributed by atoms with E-state index >= 15 is 0 Å². The molecule has 2 rings (SSSR count). The lowest BCUT2D eigenvalue weighted by atomic mass is 10.2. The summed E-state index contributed by atoms with van der Waals surface area (Å²) in [6.07, 6.45) is 0.249. The predicted molar refractivity (Wildman–Crippen MR) is 69.3 cm³/mol. The van der Waals surface area contributed by atoms with Crippen LogP contribution in [0.5, 0.6) is 0 Å². The highest BCUT2D eigenvalue weighted by atomic mass is 16.5. The van der Waals surface area contributed by atoms with Crippen LogP contribution in [0.4, 0.5) is 11.4 Å². The average molecular weight is 236 g/mol. The van der Waals surface area contributed by atoms with E-state index in [1.165, 1.54) is 0 Å². The maximum Gasteiger partial charge on any atom is 0.103 e. The number of methoxy groups -OCH3 is 1. The lowest BCUT2D eigenvalue weighted by Crippen LogP contribution is -2.28. The molecule has 0 saturated carbocycles. The largest absolute Gasteiger partial charge is 0.397 e. The van der Waals surface area contributed by atoms with E-state index in [9.17, 15) is 0 Å². The van der Waals surface area contributed by atoms with Gasteiger partial charge >= 0.3 is 0 Å². The van der Waals surface area contributed by atoms with Crippen LogP contribution in [-0.2, 0) is 9.47 Å². The molecule has 2 atom stereocenters. The van der Waals surface area contributed by atoms with E-state index in [1.807, 2.05) is 31.2 Å². The molecule has 17 heavy (non-hydrogen) atoms. The fourth-order valence-electron chi connectivity index (χ4n) is 2.32. The number of anilines is 2. The Hall–Kier alpha value is -1.26. The first kappa shape index (κ1) is 12.2. The summed E-state index contributed by atoms with van der Waals surface area (Å²) < 4.78 is 11.2. The molecule has 4 heteroatoms. The van der Waals surface area contributed by atoms with Crippen LogP contribution in [0.3, 0.4) is 0 Å². The number of hydrogen-bond acceptors (Lipinski definition) is 4. The van der Waals surface area contributed by atoms with E-state index in [0.29, 0.717) is 6.61 Å². The fraction of sp³-hybridized carbons (Fsp3) is 0.538. The van der Waals surface area contributed by atoms with Crippen molar-refractivity contribution in [3.63, 3.8) is 0 Å². The van der Waals surface area contributed by atoms with Crippen LogP contribution in [-0.4, -0.2) is 39.0 Å². The van der Waals surface area contributed by atoms with Gasteiger partial charge in [0.05, 0.1) is 11.4 Å². The van der Waals surface area contributed by atoms with Gasteiger partial charge in [0, 0.05) is 26.8 Å². The van der Waals surface area contributed by atoms with Gasteiger partial charge in [-0.25, -0.2) is 0 Å². The molecule has 1 saturated heterocycles. The zero-order valence-corrected chi connectivity index (χ0v) is 10.4. The van der Waals surface area contributed by atoms with Gasteiger partial charge in [0.25, 0.3) is 0 Å². The Balaban J connectivity index is 2.12. The van der Waals surface area contributed by atoms with Crippen molar-refractivity contribution in [3.8, 4) is 0 Å². The highest BCUT2D eigenvalue weighted by Gasteiger charge is 2.33. The summed E-state index contributed by atoms with van der Waals surface area (Å²) in [5.74, 6) is 0. The number of nitrogen functional groups attached to an aromatic ring is 1. The molecule has 94 valence electrons. The van der Waals surface area contributed by atoms with E-state index in [4.69, 9.17) is 15.2 Å². The molecular weight excluding hydrogens is 216 g/mol. The Morgan fingerprint density at radius 2 is 2.00 bits per heavy atom.